The van der Waals surface area contributed by atoms with Crippen LogP contribution in [0.1, 0.15) is 48.3 Å². The number of hydrogen-bond donors (Lipinski definition) is 0. The Morgan fingerprint density at radius 2 is 1.92 bits per heavy atom. The highest BCUT2D eigenvalue weighted by Crippen LogP contribution is 2.39. The van der Waals surface area contributed by atoms with Crippen LogP contribution in [0.3, 0.4) is 0 Å². The van der Waals surface area contributed by atoms with Crippen LogP contribution in [0, 0.1) is 11.3 Å². The van der Waals surface area contributed by atoms with Crippen LogP contribution in [-0.4, -0.2) is 19.4 Å². The van der Waals surface area contributed by atoms with E-state index in [4.69, 9.17) is 9.47 Å². The monoisotopic (exact) mass is 354 g/mol. The van der Waals surface area contributed by atoms with Crippen molar-refractivity contribution in [2.75, 3.05) is 13.2 Å². The van der Waals surface area contributed by atoms with Gasteiger partial charge in [0.1, 0.15) is 11.1 Å². The molecule has 130 valence electrons. The van der Waals surface area contributed by atoms with E-state index in [1.807, 2.05) is 32.0 Å². The predicted octanol–water partition coefficient (Wildman–Crippen LogP) is 5.05. The molecule has 0 unspecified atom stereocenters. The summed E-state index contributed by atoms with van der Waals surface area (Å²) in [7, 11) is 0. The van der Waals surface area contributed by atoms with Crippen LogP contribution in [0.5, 0.6) is 11.5 Å². The van der Waals surface area contributed by atoms with Gasteiger partial charge in [-0.15, -0.1) is 11.3 Å². The van der Waals surface area contributed by atoms with E-state index < -0.39 is 0 Å². The molecule has 0 spiro atoms. The first-order chi connectivity index (χ1) is 12.3. The molecule has 0 fully saturated rings. The summed E-state index contributed by atoms with van der Waals surface area (Å²) in [6.45, 7) is 5.08. The van der Waals surface area contributed by atoms with E-state index in [1.165, 1.54) is 16.9 Å². The fourth-order valence-electron chi connectivity index (χ4n) is 3.04. The van der Waals surface area contributed by atoms with Crippen LogP contribution >= 0.6 is 11.3 Å². The van der Waals surface area contributed by atoms with Crippen LogP contribution in [0.25, 0.3) is 0 Å². The molecule has 0 bridgehead atoms. The van der Waals surface area contributed by atoms with Crippen LogP contribution < -0.4 is 9.47 Å². The molecule has 4 nitrogen and oxygen atoms in total. The number of rotatable bonds is 6. The van der Waals surface area contributed by atoms with Crippen molar-refractivity contribution in [1.82, 2.24) is 0 Å². The molecule has 25 heavy (non-hydrogen) atoms. The van der Waals surface area contributed by atoms with Crippen molar-refractivity contribution >= 4 is 22.6 Å². The third kappa shape index (κ3) is 3.85. The number of aliphatic imine (C=N–C) groups is 1. The number of thiophene rings is 1. The zero-order chi connectivity index (χ0) is 17.6. The summed E-state index contributed by atoms with van der Waals surface area (Å²) in [6, 6.07) is 8.14. The van der Waals surface area contributed by atoms with Crippen LogP contribution in [0.2, 0.25) is 0 Å². The molecule has 1 aromatic heterocycles. The first-order valence-electron chi connectivity index (χ1n) is 8.75. The van der Waals surface area contributed by atoms with Gasteiger partial charge < -0.3 is 9.47 Å². The second kappa shape index (κ2) is 8.17. The maximum atomic E-state index is 9.52. The molecule has 5 heteroatoms. The largest absolute Gasteiger partial charge is 0.490 e. The lowest BCUT2D eigenvalue weighted by Gasteiger charge is -2.11. The highest BCUT2D eigenvalue weighted by atomic mass is 32.1. The minimum atomic E-state index is 0.580. The minimum absolute atomic E-state index is 0.580. The van der Waals surface area contributed by atoms with Crippen molar-refractivity contribution in [1.29, 1.82) is 5.26 Å². The van der Waals surface area contributed by atoms with E-state index in [9.17, 15) is 5.26 Å². The highest BCUT2D eigenvalue weighted by Gasteiger charge is 2.20. The first-order valence-corrected chi connectivity index (χ1v) is 9.56. The Balaban J connectivity index is 1.88. The predicted molar refractivity (Wildman–Crippen MR) is 102 cm³/mol. The van der Waals surface area contributed by atoms with Crippen molar-refractivity contribution < 1.29 is 9.47 Å². The second-order valence-electron chi connectivity index (χ2n) is 5.83. The first kappa shape index (κ1) is 17.5. The van der Waals surface area contributed by atoms with E-state index in [1.54, 1.807) is 17.6 Å². The van der Waals surface area contributed by atoms with Gasteiger partial charge in [-0.05, 0) is 68.9 Å². The Kier molecular flexibility index (Phi) is 5.72. The molecule has 1 heterocycles. The summed E-state index contributed by atoms with van der Waals surface area (Å²) in [5, 5.41) is 10.3. The summed E-state index contributed by atoms with van der Waals surface area (Å²) in [5.74, 6) is 1.46. The van der Waals surface area contributed by atoms with Gasteiger partial charge in [-0.2, -0.15) is 5.26 Å². The van der Waals surface area contributed by atoms with E-state index in [-0.39, 0.29) is 0 Å². The average Bonchev–Trinajstić information content (AvgIpc) is 2.99. The van der Waals surface area contributed by atoms with Gasteiger partial charge in [-0.3, -0.25) is 0 Å². The van der Waals surface area contributed by atoms with Gasteiger partial charge >= 0.3 is 0 Å². The normalized spacial score (nSPS) is 13.5. The van der Waals surface area contributed by atoms with Crippen molar-refractivity contribution in [3.05, 3.63) is 39.8 Å². The smallest absolute Gasteiger partial charge is 0.161 e. The van der Waals surface area contributed by atoms with E-state index in [0.717, 1.165) is 46.9 Å². The zero-order valence-electron chi connectivity index (χ0n) is 14.7. The number of ether oxygens (including phenoxy) is 2. The Bertz CT molecular complexity index is 818. The Morgan fingerprint density at radius 1 is 1.16 bits per heavy atom. The number of benzene rings is 1. The molecular weight excluding hydrogens is 332 g/mol. The third-order valence-corrected chi connectivity index (χ3v) is 5.36. The highest BCUT2D eigenvalue weighted by molar-refractivity contribution is 7.16. The maximum Gasteiger partial charge on any atom is 0.161 e. The molecule has 0 N–H and O–H groups in total. The summed E-state index contributed by atoms with van der Waals surface area (Å²) >= 11 is 1.66. The molecule has 1 aliphatic carbocycles. The summed E-state index contributed by atoms with van der Waals surface area (Å²) in [5.41, 5.74) is 2.90. The number of hydrogen-bond acceptors (Lipinski definition) is 5. The standard InChI is InChI=1S/C20H22N2O2S/c1-3-23-17-10-9-14(11-18(17)24-4-2)13-22-20-16(12-21)15-7-5-6-8-19(15)25-20/h9-11,13H,3-8H2,1-2H3. The van der Waals surface area contributed by atoms with Crippen LogP contribution in [-0.2, 0) is 12.8 Å². The van der Waals surface area contributed by atoms with Gasteiger partial charge in [0.25, 0.3) is 0 Å². The molecule has 1 aromatic carbocycles. The molecule has 3 rings (SSSR count). The quantitative estimate of drug-likeness (QED) is 0.682. The van der Waals surface area contributed by atoms with Crippen LogP contribution in [0.15, 0.2) is 23.2 Å². The molecule has 0 radical (unpaired) electrons. The van der Waals surface area contributed by atoms with Gasteiger partial charge in [0, 0.05) is 11.1 Å². The van der Waals surface area contributed by atoms with Crippen molar-refractivity contribution in [3.8, 4) is 17.6 Å². The van der Waals surface area contributed by atoms with Gasteiger partial charge in [0.2, 0.25) is 0 Å². The molecule has 0 saturated heterocycles. The Labute approximate surface area is 152 Å². The van der Waals surface area contributed by atoms with E-state index in [0.29, 0.717) is 13.2 Å². The molecule has 0 amide bonds. The third-order valence-electron chi connectivity index (χ3n) is 4.16. The summed E-state index contributed by atoms with van der Waals surface area (Å²) in [6.07, 6.45) is 6.25. The van der Waals surface area contributed by atoms with E-state index >= 15 is 0 Å². The van der Waals surface area contributed by atoms with Gasteiger partial charge in [0.05, 0.1) is 18.8 Å². The Hall–Kier alpha value is -2.32. The van der Waals surface area contributed by atoms with Crippen molar-refractivity contribution in [3.63, 3.8) is 0 Å². The topological polar surface area (TPSA) is 54.6 Å². The number of nitriles is 1. The number of fused-ring (bicyclic) bond motifs is 1. The molecule has 0 atom stereocenters. The average molecular weight is 354 g/mol. The Morgan fingerprint density at radius 3 is 2.68 bits per heavy atom. The van der Waals surface area contributed by atoms with Crippen molar-refractivity contribution in [2.45, 2.75) is 39.5 Å². The fourth-order valence-corrected chi connectivity index (χ4v) is 4.22. The molecule has 2 aromatic rings. The number of aryl methyl sites for hydroxylation is 1. The zero-order valence-corrected chi connectivity index (χ0v) is 15.5. The maximum absolute atomic E-state index is 9.52. The molecule has 0 aliphatic heterocycles. The second-order valence-corrected chi connectivity index (χ2v) is 6.92. The van der Waals surface area contributed by atoms with E-state index in [2.05, 4.69) is 11.1 Å². The lowest BCUT2D eigenvalue weighted by molar-refractivity contribution is 0.288. The molecule has 1 aliphatic rings. The number of nitrogens with zero attached hydrogens (tertiary/aromatic N) is 2. The minimum Gasteiger partial charge on any atom is -0.490 e. The molecule has 0 saturated carbocycles. The summed E-state index contributed by atoms with van der Waals surface area (Å²) < 4.78 is 11.2. The van der Waals surface area contributed by atoms with Gasteiger partial charge in [0.15, 0.2) is 11.5 Å². The lowest BCUT2D eigenvalue weighted by atomic mass is 9.96. The summed E-state index contributed by atoms with van der Waals surface area (Å²) in [4.78, 5) is 5.93. The van der Waals surface area contributed by atoms with Gasteiger partial charge in [-0.1, -0.05) is 0 Å². The lowest BCUT2D eigenvalue weighted by Crippen LogP contribution is -1.99. The molecular formula is C20H22N2O2S. The van der Waals surface area contributed by atoms with Gasteiger partial charge in [-0.25, -0.2) is 4.99 Å². The fraction of sp³-hybridized carbons (Fsp3) is 0.400. The van der Waals surface area contributed by atoms with Crippen molar-refractivity contribution in [2.24, 2.45) is 4.99 Å². The van der Waals surface area contributed by atoms with Crippen LogP contribution in [0.4, 0.5) is 5.00 Å². The SMILES string of the molecule is CCOc1ccc(C=Nc2sc3c(c2C#N)CCCC3)cc1OCC.